The minimum atomic E-state index is -0.576. The number of aliphatic hydroxyl groups is 1. The zero-order valence-electron chi connectivity index (χ0n) is 16.7. The highest BCUT2D eigenvalue weighted by Crippen LogP contribution is 2.31. The molecule has 8 heteroatoms. The highest BCUT2D eigenvalue weighted by Gasteiger charge is 2.16. The molecule has 0 aliphatic carbocycles. The lowest BCUT2D eigenvalue weighted by Gasteiger charge is -2.24. The van der Waals surface area contributed by atoms with Gasteiger partial charge in [-0.1, -0.05) is 30.7 Å². The van der Waals surface area contributed by atoms with Crippen molar-refractivity contribution >= 4 is 33.2 Å². The molecule has 6 nitrogen and oxygen atoms in total. The number of aliphatic hydroxyl groups excluding tert-OH is 1. The lowest BCUT2D eigenvalue weighted by molar-refractivity contribution is 0.0192. The largest absolute Gasteiger partial charge is 0.389 e. The van der Waals surface area contributed by atoms with Gasteiger partial charge in [0.1, 0.15) is 10.7 Å². The number of H-pyrrole nitrogens is 1. The molecule has 0 bridgehead atoms. The SMILES string of the molecule is CCCN(Cc1nc2scc(-c3cccc(Cl)c3)c2c(=O)[nH]1)CC(O)COCC. The second kappa shape index (κ2) is 10.3. The fourth-order valence-corrected chi connectivity index (χ4v) is 4.46. The maximum atomic E-state index is 12.8. The van der Waals surface area contributed by atoms with Gasteiger partial charge in [0.15, 0.2) is 0 Å². The summed E-state index contributed by atoms with van der Waals surface area (Å²) in [5.74, 6) is 0.596. The number of fused-ring (bicyclic) bond motifs is 1. The molecule has 3 rings (SSSR count). The Morgan fingerprint density at radius 3 is 2.93 bits per heavy atom. The maximum Gasteiger partial charge on any atom is 0.260 e. The predicted octanol–water partition coefficient (Wildman–Crippen LogP) is 3.91. The molecule has 2 N–H and O–H groups in total. The van der Waals surface area contributed by atoms with Gasteiger partial charge >= 0.3 is 0 Å². The van der Waals surface area contributed by atoms with Gasteiger partial charge in [0.25, 0.3) is 5.56 Å². The first kappa shape index (κ1) is 21.9. The van der Waals surface area contributed by atoms with Crippen LogP contribution in [0, 0.1) is 0 Å². The molecule has 2 heterocycles. The molecule has 1 aromatic carbocycles. The molecule has 1 atom stereocenters. The van der Waals surface area contributed by atoms with Crippen LogP contribution in [0.2, 0.25) is 5.02 Å². The first-order valence-corrected chi connectivity index (χ1v) is 11.0. The monoisotopic (exact) mass is 435 g/mol. The van der Waals surface area contributed by atoms with Gasteiger partial charge in [-0.2, -0.15) is 0 Å². The molecular weight excluding hydrogens is 410 g/mol. The van der Waals surface area contributed by atoms with Crippen LogP contribution >= 0.6 is 22.9 Å². The van der Waals surface area contributed by atoms with Gasteiger partial charge in [0.2, 0.25) is 0 Å². The lowest BCUT2D eigenvalue weighted by atomic mass is 10.1. The molecule has 156 valence electrons. The highest BCUT2D eigenvalue weighted by molar-refractivity contribution is 7.17. The third-order valence-corrected chi connectivity index (χ3v) is 5.63. The van der Waals surface area contributed by atoms with Gasteiger partial charge in [-0.15, -0.1) is 11.3 Å². The van der Waals surface area contributed by atoms with E-state index in [0.29, 0.717) is 47.4 Å². The minimum absolute atomic E-state index is 0.160. The van der Waals surface area contributed by atoms with Crippen LogP contribution in [-0.4, -0.2) is 52.4 Å². The summed E-state index contributed by atoms with van der Waals surface area (Å²) in [4.78, 5) is 23.2. The number of aromatic nitrogens is 2. The Kier molecular flexibility index (Phi) is 7.80. The molecule has 29 heavy (non-hydrogen) atoms. The Morgan fingerprint density at radius 2 is 2.21 bits per heavy atom. The Labute approximate surface area is 179 Å². The van der Waals surface area contributed by atoms with Crippen molar-refractivity contribution in [2.45, 2.75) is 32.9 Å². The van der Waals surface area contributed by atoms with Crippen molar-refractivity contribution in [1.82, 2.24) is 14.9 Å². The molecule has 0 saturated carbocycles. The van der Waals surface area contributed by atoms with E-state index in [2.05, 4.69) is 21.8 Å². The molecule has 0 saturated heterocycles. The quantitative estimate of drug-likeness (QED) is 0.504. The normalized spacial score (nSPS) is 12.7. The second-order valence-corrected chi connectivity index (χ2v) is 8.20. The summed E-state index contributed by atoms with van der Waals surface area (Å²) in [7, 11) is 0. The van der Waals surface area contributed by atoms with E-state index in [1.165, 1.54) is 11.3 Å². The number of aromatic amines is 1. The van der Waals surface area contributed by atoms with Crippen LogP contribution in [0.1, 0.15) is 26.1 Å². The van der Waals surface area contributed by atoms with Gasteiger partial charge in [-0.3, -0.25) is 9.69 Å². The molecule has 3 aromatic rings. The molecule has 0 radical (unpaired) electrons. The Hall–Kier alpha value is -1.77. The van der Waals surface area contributed by atoms with Crippen molar-refractivity contribution in [3.05, 3.63) is 50.8 Å². The first-order valence-electron chi connectivity index (χ1n) is 9.76. The smallest absolute Gasteiger partial charge is 0.260 e. The van der Waals surface area contributed by atoms with Crippen molar-refractivity contribution < 1.29 is 9.84 Å². The number of hydrogen-bond acceptors (Lipinski definition) is 6. The first-order chi connectivity index (χ1) is 14.0. The third kappa shape index (κ3) is 5.65. The molecule has 0 spiro atoms. The van der Waals surface area contributed by atoms with E-state index in [0.717, 1.165) is 24.1 Å². The van der Waals surface area contributed by atoms with Crippen LogP contribution in [-0.2, 0) is 11.3 Å². The standard InChI is InChI=1S/C21H26ClN3O3S/c1-3-8-25(10-16(26)12-28-4-2)11-18-23-20(27)19-17(13-29-21(19)24-18)14-6-5-7-15(22)9-14/h5-7,9,13,16,26H,3-4,8,10-12H2,1-2H3,(H,23,24,27). The van der Waals surface area contributed by atoms with E-state index in [1.54, 1.807) is 0 Å². The number of rotatable bonds is 10. The summed E-state index contributed by atoms with van der Waals surface area (Å²) in [5.41, 5.74) is 1.58. The number of nitrogens with zero attached hydrogens (tertiary/aromatic N) is 2. The van der Waals surface area contributed by atoms with Crippen molar-refractivity contribution in [2.75, 3.05) is 26.3 Å². The summed E-state index contributed by atoms with van der Waals surface area (Å²) in [6.45, 7) is 6.58. The number of benzene rings is 1. The van der Waals surface area contributed by atoms with E-state index < -0.39 is 6.10 Å². The molecule has 0 fully saturated rings. The van der Waals surface area contributed by atoms with Crippen LogP contribution < -0.4 is 5.56 Å². The molecule has 0 aliphatic rings. The Balaban J connectivity index is 1.84. The Morgan fingerprint density at radius 1 is 1.38 bits per heavy atom. The summed E-state index contributed by atoms with van der Waals surface area (Å²) >= 11 is 7.55. The van der Waals surface area contributed by atoms with Crippen LogP contribution in [0.25, 0.3) is 21.3 Å². The van der Waals surface area contributed by atoms with Crippen molar-refractivity contribution in [3.8, 4) is 11.1 Å². The van der Waals surface area contributed by atoms with Gasteiger partial charge < -0.3 is 14.8 Å². The lowest BCUT2D eigenvalue weighted by Crippen LogP contribution is -2.36. The highest BCUT2D eigenvalue weighted by atomic mass is 35.5. The summed E-state index contributed by atoms with van der Waals surface area (Å²) in [6.07, 6.45) is 0.360. The molecule has 1 unspecified atom stereocenters. The van der Waals surface area contributed by atoms with Crippen LogP contribution in [0.5, 0.6) is 0 Å². The average Bonchev–Trinajstić information content (AvgIpc) is 3.11. The third-order valence-electron chi connectivity index (χ3n) is 4.53. The van der Waals surface area contributed by atoms with Crippen LogP contribution in [0.3, 0.4) is 0 Å². The van der Waals surface area contributed by atoms with Crippen LogP contribution in [0.15, 0.2) is 34.4 Å². The minimum Gasteiger partial charge on any atom is -0.389 e. The zero-order chi connectivity index (χ0) is 20.8. The van der Waals surface area contributed by atoms with E-state index in [4.69, 9.17) is 16.3 Å². The van der Waals surface area contributed by atoms with Gasteiger partial charge in [-0.05, 0) is 37.6 Å². The van der Waals surface area contributed by atoms with Crippen molar-refractivity contribution in [1.29, 1.82) is 0 Å². The topological polar surface area (TPSA) is 78.5 Å². The van der Waals surface area contributed by atoms with Gasteiger partial charge in [-0.25, -0.2) is 4.98 Å². The number of ether oxygens (including phenoxy) is 1. The fourth-order valence-electron chi connectivity index (χ4n) is 3.30. The summed E-state index contributed by atoms with van der Waals surface area (Å²) in [6, 6.07) is 7.46. The fraction of sp³-hybridized carbons (Fsp3) is 0.429. The zero-order valence-corrected chi connectivity index (χ0v) is 18.2. The van der Waals surface area contributed by atoms with E-state index in [-0.39, 0.29) is 5.56 Å². The average molecular weight is 436 g/mol. The number of hydrogen-bond donors (Lipinski definition) is 2. The maximum absolute atomic E-state index is 12.8. The molecule has 0 aliphatic heterocycles. The van der Waals surface area contributed by atoms with Gasteiger partial charge in [0, 0.05) is 29.1 Å². The number of thiophene rings is 1. The number of nitrogens with one attached hydrogen (secondary N) is 1. The van der Waals surface area contributed by atoms with E-state index >= 15 is 0 Å². The van der Waals surface area contributed by atoms with Crippen LogP contribution in [0.4, 0.5) is 0 Å². The molecular formula is C21H26ClN3O3S. The Bertz CT molecular complexity index is 1000. The van der Waals surface area contributed by atoms with Crippen molar-refractivity contribution in [3.63, 3.8) is 0 Å². The predicted molar refractivity (Wildman–Crippen MR) is 119 cm³/mol. The summed E-state index contributed by atoms with van der Waals surface area (Å²) < 4.78 is 5.30. The second-order valence-electron chi connectivity index (χ2n) is 6.90. The molecule has 2 aromatic heterocycles. The van der Waals surface area contributed by atoms with E-state index in [9.17, 15) is 9.90 Å². The van der Waals surface area contributed by atoms with Gasteiger partial charge in [0.05, 0.1) is 24.6 Å². The van der Waals surface area contributed by atoms with Crippen molar-refractivity contribution in [2.24, 2.45) is 0 Å². The van der Waals surface area contributed by atoms with E-state index in [1.807, 2.05) is 36.6 Å². The number of halogens is 1. The molecule has 0 amide bonds. The summed E-state index contributed by atoms with van der Waals surface area (Å²) in [5, 5.41) is 13.3.